The third kappa shape index (κ3) is 1.80. The van der Waals surface area contributed by atoms with Gasteiger partial charge >= 0.3 is 0 Å². The number of aliphatic hydroxyl groups excluding tert-OH is 1. The summed E-state index contributed by atoms with van der Waals surface area (Å²) < 4.78 is 28.5. The molecule has 2 unspecified atom stereocenters. The van der Waals surface area contributed by atoms with E-state index in [0.717, 1.165) is 18.4 Å². The van der Waals surface area contributed by atoms with Gasteiger partial charge in [-0.25, -0.2) is 8.42 Å². The Bertz CT molecular complexity index is 1100. The first-order valence-corrected chi connectivity index (χ1v) is 13.9. The van der Waals surface area contributed by atoms with Gasteiger partial charge in [0.15, 0.2) is 11.2 Å². The normalized spacial score (nSPS) is 48.3. The molecule has 5 aliphatic carbocycles. The molecule has 0 bridgehead atoms. The summed E-state index contributed by atoms with van der Waals surface area (Å²) in [6.07, 6.45) is 2.49. The van der Waals surface area contributed by atoms with Crippen molar-refractivity contribution in [2.24, 2.45) is 10.8 Å². The van der Waals surface area contributed by atoms with Crippen LogP contribution in [0.25, 0.3) is 0 Å². The summed E-state index contributed by atoms with van der Waals surface area (Å²) in [5.74, 6) is 0. The van der Waals surface area contributed by atoms with Crippen LogP contribution in [0.15, 0.2) is 29.2 Å². The second-order valence-corrected chi connectivity index (χ2v) is 13.7. The van der Waals surface area contributed by atoms with Crippen molar-refractivity contribution < 1.29 is 39.1 Å². The van der Waals surface area contributed by atoms with Gasteiger partial charge < -0.3 is 30.6 Å². The number of aliphatic hydroxyl groups is 6. The van der Waals surface area contributed by atoms with Gasteiger partial charge in [-0.2, -0.15) is 0 Å². The lowest BCUT2D eigenvalue weighted by atomic mass is 9.76. The van der Waals surface area contributed by atoms with Crippen molar-refractivity contribution in [2.45, 2.75) is 109 Å². The Labute approximate surface area is 199 Å². The number of hydrogen-bond donors (Lipinski definition) is 6. The van der Waals surface area contributed by atoms with Crippen molar-refractivity contribution in [1.29, 1.82) is 0 Å². The van der Waals surface area contributed by atoms with Gasteiger partial charge in [0.1, 0.15) is 17.3 Å². The molecule has 2 spiro atoms. The average Bonchev–Trinajstić information content (AvgIpc) is 3.46. The highest BCUT2D eigenvalue weighted by Crippen LogP contribution is 2.91. The Morgan fingerprint density at radius 2 is 1.09 bits per heavy atom. The van der Waals surface area contributed by atoms with Gasteiger partial charge in [-0.05, 0) is 44.7 Å². The summed E-state index contributed by atoms with van der Waals surface area (Å²) in [7, 11) is -4.94. The molecule has 6 rings (SSSR count). The molecule has 9 heteroatoms. The Hall–Kier alpha value is -1.07. The molecule has 5 aliphatic rings. The van der Waals surface area contributed by atoms with Crippen LogP contribution in [0.4, 0.5) is 0 Å². The van der Waals surface area contributed by atoms with Crippen LogP contribution in [-0.4, -0.2) is 72.5 Å². The van der Waals surface area contributed by atoms with E-state index in [4.69, 9.17) is 0 Å². The minimum atomic E-state index is -4.94. The van der Waals surface area contributed by atoms with E-state index in [0.29, 0.717) is 25.7 Å². The summed E-state index contributed by atoms with van der Waals surface area (Å²) >= 11 is 0. The SMILES string of the molecule is Cc1ccc(S(=O)(=O)C2(O)[C@@]3(O)C4(CCCCC4)[C@]3(O)C(O)[C@]3(O)C4(CCCCC4)[C@]23O)cc1. The molecular weight excluding hydrogens is 460 g/mol. The van der Waals surface area contributed by atoms with Crippen molar-refractivity contribution in [3.63, 3.8) is 0 Å². The average molecular weight is 495 g/mol. The van der Waals surface area contributed by atoms with Crippen molar-refractivity contribution in [2.75, 3.05) is 0 Å². The first-order valence-electron chi connectivity index (χ1n) is 12.4. The standard InChI is InChI=1S/C25H34O8S/c1-16-8-10-17(11-9-16)34(32,33)25(31)23(29)19(12-4-2-5-13-19)21(23,27)18(26)22(28)20(24(22,25)30)14-6-3-7-15-20/h8-11,18,26-31H,2-7,12-15H2,1H3/t18?,21-,22+,23-,24-,25?/m1/s1. The van der Waals surface area contributed by atoms with Gasteiger partial charge in [0.25, 0.3) is 0 Å². The Kier molecular flexibility index (Phi) is 4.29. The fraction of sp³-hybridized carbons (Fsp3) is 0.760. The largest absolute Gasteiger partial charge is 0.387 e. The maximum absolute atomic E-state index is 14.3. The van der Waals surface area contributed by atoms with E-state index in [1.54, 1.807) is 19.1 Å². The third-order valence-electron chi connectivity index (χ3n) is 10.7. The zero-order valence-corrected chi connectivity index (χ0v) is 20.2. The van der Waals surface area contributed by atoms with E-state index in [-0.39, 0.29) is 30.6 Å². The summed E-state index contributed by atoms with van der Waals surface area (Å²) in [5.41, 5.74) is -12.8. The van der Waals surface area contributed by atoms with Gasteiger partial charge in [0, 0.05) is 10.8 Å². The van der Waals surface area contributed by atoms with Gasteiger partial charge in [0.2, 0.25) is 14.8 Å². The molecule has 8 nitrogen and oxygen atoms in total. The minimum absolute atomic E-state index is 0.169. The van der Waals surface area contributed by atoms with E-state index in [1.165, 1.54) is 12.1 Å². The molecule has 0 heterocycles. The predicted molar refractivity (Wildman–Crippen MR) is 120 cm³/mol. The molecule has 0 aromatic heterocycles. The Morgan fingerprint density at radius 3 is 1.47 bits per heavy atom. The van der Waals surface area contributed by atoms with Crippen molar-refractivity contribution >= 4 is 9.84 Å². The van der Waals surface area contributed by atoms with Crippen LogP contribution in [0.5, 0.6) is 0 Å². The summed E-state index contributed by atoms with van der Waals surface area (Å²) in [5, 5.41) is 72.2. The summed E-state index contributed by atoms with van der Waals surface area (Å²) in [4.78, 5) is -3.64. The first kappa shape index (κ1) is 23.3. The maximum atomic E-state index is 14.3. The number of hydrogen-bond acceptors (Lipinski definition) is 8. The minimum Gasteiger partial charge on any atom is -0.387 e. The molecule has 0 radical (unpaired) electrons. The van der Waals surface area contributed by atoms with E-state index in [1.807, 2.05) is 0 Å². The fourth-order valence-electron chi connectivity index (χ4n) is 9.08. The molecule has 188 valence electrons. The third-order valence-corrected chi connectivity index (χ3v) is 13.0. The predicted octanol–water partition coefficient (Wildman–Crippen LogP) is 0.684. The smallest absolute Gasteiger partial charge is 0.235 e. The van der Waals surface area contributed by atoms with E-state index >= 15 is 0 Å². The van der Waals surface area contributed by atoms with Gasteiger partial charge in [-0.1, -0.05) is 56.2 Å². The van der Waals surface area contributed by atoms with Crippen molar-refractivity contribution in [3.05, 3.63) is 29.8 Å². The van der Waals surface area contributed by atoms with Crippen LogP contribution < -0.4 is 0 Å². The Morgan fingerprint density at radius 1 is 0.706 bits per heavy atom. The molecule has 0 aliphatic heterocycles. The monoisotopic (exact) mass is 494 g/mol. The topological polar surface area (TPSA) is 156 Å². The fourth-order valence-corrected chi connectivity index (χ4v) is 11.4. The lowest BCUT2D eigenvalue weighted by Crippen LogP contribution is -2.73. The molecule has 34 heavy (non-hydrogen) atoms. The quantitative estimate of drug-likeness (QED) is 0.351. The van der Waals surface area contributed by atoms with E-state index in [2.05, 4.69) is 0 Å². The number of aryl methyl sites for hydroxylation is 1. The lowest BCUT2D eigenvalue weighted by molar-refractivity contribution is -0.238. The van der Waals surface area contributed by atoms with Gasteiger partial charge in [-0.15, -0.1) is 0 Å². The van der Waals surface area contributed by atoms with Crippen LogP contribution in [0.3, 0.4) is 0 Å². The second kappa shape index (κ2) is 6.25. The van der Waals surface area contributed by atoms with Crippen molar-refractivity contribution in [1.82, 2.24) is 0 Å². The van der Waals surface area contributed by atoms with Gasteiger partial charge in [0.05, 0.1) is 4.90 Å². The molecule has 5 fully saturated rings. The zero-order chi connectivity index (χ0) is 24.6. The summed E-state index contributed by atoms with van der Waals surface area (Å²) in [6, 6.07) is 5.69. The molecule has 6 N–H and O–H groups in total. The lowest BCUT2D eigenvalue weighted by Gasteiger charge is -2.46. The van der Waals surface area contributed by atoms with E-state index in [9.17, 15) is 39.1 Å². The highest BCUT2D eigenvalue weighted by Gasteiger charge is 3.13. The van der Waals surface area contributed by atoms with Crippen LogP contribution in [0, 0.1) is 17.8 Å². The number of benzene rings is 1. The Balaban J connectivity index is 1.66. The molecule has 1 aromatic carbocycles. The number of sulfone groups is 1. The molecular formula is C25H34O8S. The van der Waals surface area contributed by atoms with Crippen molar-refractivity contribution in [3.8, 4) is 0 Å². The molecule has 1 aromatic rings. The summed E-state index contributed by atoms with van der Waals surface area (Å²) in [6.45, 7) is 1.77. The van der Waals surface area contributed by atoms with Crippen LogP contribution in [0.1, 0.15) is 69.8 Å². The van der Waals surface area contributed by atoms with Crippen LogP contribution in [0.2, 0.25) is 0 Å². The van der Waals surface area contributed by atoms with Crippen LogP contribution in [-0.2, 0) is 9.84 Å². The van der Waals surface area contributed by atoms with Crippen LogP contribution >= 0.6 is 0 Å². The molecule has 0 amide bonds. The molecule has 6 atom stereocenters. The van der Waals surface area contributed by atoms with E-state index < -0.39 is 54.1 Å². The second-order valence-electron chi connectivity index (χ2n) is 11.6. The maximum Gasteiger partial charge on any atom is 0.235 e. The number of fused-ring (bicyclic) bond motifs is 6. The highest BCUT2D eigenvalue weighted by atomic mass is 32.2. The zero-order valence-electron chi connectivity index (χ0n) is 19.4. The first-order chi connectivity index (χ1) is 15.8. The molecule has 0 saturated heterocycles. The molecule has 5 saturated carbocycles. The van der Waals surface area contributed by atoms with Gasteiger partial charge in [-0.3, -0.25) is 0 Å². The number of rotatable bonds is 2. The highest BCUT2D eigenvalue weighted by molar-refractivity contribution is 7.92.